The lowest BCUT2D eigenvalue weighted by atomic mass is 10.4. The van der Waals surface area contributed by atoms with Crippen LogP contribution in [0.3, 0.4) is 0 Å². The van der Waals surface area contributed by atoms with Crippen LogP contribution in [0.5, 0.6) is 0 Å². The van der Waals surface area contributed by atoms with E-state index in [1.54, 1.807) is 0 Å². The van der Waals surface area contributed by atoms with Crippen molar-refractivity contribution in [2.45, 2.75) is 0 Å². The molecule has 0 amide bonds. The van der Waals surface area contributed by atoms with E-state index in [0.717, 1.165) is 19.6 Å². The minimum atomic E-state index is 0.136. The van der Waals surface area contributed by atoms with E-state index in [0.29, 0.717) is 19.6 Å². The van der Waals surface area contributed by atoms with Gasteiger partial charge < -0.3 is 21.3 Å². The van der Waals surface area contributed by atoms with Crippen molar-refractivity contribution < 1.29 is 10.2 Å². The largest absolute Gasteiger partial charge is 0.395 e. The molecule has 0 aromatic rings. The van der Waals surface area contributed by atoms with Crippen LogP contribution in [0.2, 0.25) is 0 Å². The molecule has 0 aliphatic heterocycles. The van der Waals surface area contributed by atoms with Gasteiger partial charge in [-0.3, -0.25) is 4.90 Å². The SMILES string of the molecule is NCCNCCN(CCO)CCO. The van der Waals surface area contributed by atoms with E-state index in [1.807, 2.05) is 4.90 Å². The predicted molar refractivity (Wildman–Crippen MR) is 52.5 cm³/mol. The Balaban J connectivity index is 3.33. The molecule has 0 spiro atoms. The smallest absolute Gasteiger partial charge is 0.0558 e. The highest BCUT2D eigenvalue weighted by atomic mass is 16.3. The summed E-state index contributed by atoms with van der Waals surface area (Å²) in [6, 6.07) is 0. The summed E-state index contributed by atoms with van der Waals surface area (Å²) in [4.78, 5) is 2.00. The Bertz CT molecular complexity index is 97.4. The van der Waals surface area contributed by atoms with E-state index in [1.165, 1.54) is 0 Å². The highest BCUT2D eigenvalue weighted by Crippen LogP contribution is 1.84. The Morgan fingerprint density at radius 2 is 1.62 bits per heavy atom. The number of hydrogen-bond acceptors (Lipinski definition) is 5. The van der Waals surface area contributed by atoms with Crippen LogP contribution >= 0.6 is 0 Å². The minimum absolute atomic E-state index is 0.136. The lowest BCUT2D eigenvalue weighted by Crippen LogP contribution is -2.37. The predicted octanol–water partition coefficient (Wildman–Crippen LogP) is -2.18. The fourth-order valence-electron chi connectivity index (χ4n) is 1.08. The maximum atomic E-state index is 8.70. The normalized spacial score (nSPS) is 11.1. The monoisotopic (exact) mass is 191 g/mol. The fraction of sp³-hybridized carbons (Fsp3) is 1.00. The van der Waals surface area contributed by atoms with Crippen molar-refractivity contribution in [2.24, 2.45) is 5.73 Å². The zero-order valence-corrected chi connectivity index (χ0v) is 8.08. The zero-order chi connectivity index (χ0) is 9.94. The van der Waals surface area contributed by atoms with Crippen LogP contribution in [-0.2, 0) is 0 Å². The van der Waals surface area contributed by atoms with Gasteiger partial charge in [-0.25, -0.2) is 0 Å². The molecule has 80 valence electrons. The van der Waals surface area contributed by atoms with E-state index in [2.05, 4.69) is 5.32 Å². The van der Waals surface area contributed by atoms with Gasteiger partial charge in [0, 0.05) is 39.3 Å². The van der Waals surface area contributed by atoms with Crippen molar-refractivity contribution in [2.75, 3.05) is 52.5 Å². The topological polar surface area (TPSA) is 81.8 Å². The van der Waals surface area contributed by atoms with Gasteiger partial charge in [-0.15, -0.1) is 0 Å². The average molecular weight is 191 g/mol. The number of nitrogens with one attached hydrogen (secondary N) is 1. The fourth-order valence-corrected chi connectivity index (χ4v) is 1.08. The van der Waals surface area contributed by atoms with Crippen LogP contribution in [0.25, 0.3) is 0 Å². The Hall–Kier alpha value is -0.200. The van der Waals surface area contributed by atoms with Gasteiger partial charge in [0.1, 0.15) is 0 Å². The van der Waals surface area contributed by atoms with Gasteiger partial charge in [-0.2, -0.15) is 0 Å². The summed E-state index contributed by atoms with van der Waals surface area (Å²) in [6.45, 7) is 4.63. The molecule has 0 rings (SSSR count). The van der Waals surface area contributed by atoms with Crippen LogP contribution in [0.4, 0.5) is 0 Å². The molecule has 0 atom stereocenters. The third-order valence-corrected chi connectivity index (χ3v) is 1.76. The van der Waals surface area contributed by atoms with Gasteiger partial charge in [0.2, 0.25) is 0 Å². The van der Waals surface area contributed by atoms with Crippen LogP contribution in [-0.4, -0.2) is 67.6 Å². The molecule has 0 aromatic carbocycles. The summed E-state index contributed by atoms with van der Waals surface area (Å²) in [7, 11) is 0. The van der Waals surface area contributed by atoms with Crippen molar-refractivity contribution in [3.05, 3.63) is 0 Å². The Kier molecular flexibility index (Phi) is 9.73. The number of hydrogen-bond donors (Lipinski definition) is 4. The number of nitrogens with two attached hydrogens (primary N) is 1. The van der Waals surface area contributed by atoms with Gasteiger partial charge in [0.15, 0.2) is 0 Å². The summed E-state index contributed by atoms with van der Waals surface area (Å²) in [6.07, 6.45) is 0. The van der Waals surface area contributed by atoms with Gasteiger partial charge >= 0.3 is 0 Å². The first-order valence-electron chi connectivity index (χ1n) is 4.70. The molecule has 0 aromatic heterocycles. The maximum absolute atomic E-state index is 8.70. The third kappa shape index (κ3) is 8.14. The maximum Gasteiger partial charge on any atom is 0.0558 e. The standard InChI is InChI=1S/C8H21N3O2/c9-1-2-10-3-4-11(5-7-12)6-8-13/h10,12-13H,1-9H2. The molecule has 0 aliphatic rings. The molecule has 5 nitrogen and oxygen atoms in total. The van der Waals surface area contributed by atoms with E-state index < -0.39 is 0 Å². The van der Waals surface area contributed by atoms with E-state index in [-0.39, 0.29) is 13.2 Å². The van der Waals surface area contributed by atoms with Crippen LogP contribution in [0.1, 0.15) is 0 Å². The quantitative estimate of drug-likeness (QED) is 0.312. The van der Waals surface area contributed by atoms with E-state index >= 15 is 0 Å². The minimum Gasteiger partial charge on any atom is -0.395 e. The molecule has 0 radical (unpaired) electrons. The first-order valence-corrected chi connectivity index (χ1v) is 4.70. The Morgan fingerprint density at radius 3 is 2.08 bits per heavy atom. The Labute approximate surface area is 79.5 Å². The second-order valence-electron chi connectivity index (χ2n) is 2.83. The van der Waals surface area contributed by atoms with Crippen LogP contribution < -0.4 is 11.1 Å². The van der Waals surface area contributed by atoms with E-state index in [9.17, 15) is 0 Å². The number of aliphatic hydroxyl groups excluding tert-OH is 2. The lowest BCUT2D eigenvalue weighted by Gasteiger charge is -2.19. The molecule has 0 fully saturated rings. The number of rotatable bonds is 9. The van der Waals surface area contributed by atoms with Crippen LogP contribution in [0, 0.1) is 0 Å². The van der Waals surface area contributed by atoms with Gasteiger partial charge in [-0.1, -0.05) is 0 Å². The molecule has 0 heterocycles. The summed E-state index contributed by atoms with van der Waals surface area (Å²) in [5.74, 6) is 0. The molecule has 0 unspecified atom stereocenters. The summed E-state index contributed by atoms with van der Waals surface area (Å²) < 4.78 is 0. The highest BCUT2D eigenvalue weighted by molar-refractivity contribution is 4.58. The van der Waals surface area contributed by atoms with Gasteiger partial charge in [0.25, 0.3) is 0 Å². The Morgan fingerprint density at radius 1 is 1.00 bits per heavy atom. The van der Waals surface area contributed by atoms with Crippen molar-refractivity contribution in [3.63, 3.8) is 0 Å². The molecular formula is C8H21N3O2. The molecule has 13 heavy (non-hydrogen) atoms. The average Bonchev–Trinajstić information content (AvgIpc) is 2.13. The van der Waals surface area contributed by atoms with Crippen molar-refractivity contribution in [1.82, 2.24) is 10.2 Å². The van der Waals surface area contributed by atoms with Crippen molar-refractivity contribution in [1.29, 1.82) is 0 Å². The number of nitrogens with zero attached hydrogens (tertiary/aromatic N) is 1. The summed E-state index contributed by atoms with van der Waals surface area (Å²) in [5.41, 5.74) is 5.31. The summed E-state index contributed by atoms with van der Waals surface area (Å²) in [5, 5.41) is 20.6. The van der Waals surface area contributed by atoms with Crippen molar-refractivity contribution in [3.8, 4) is 0 Å². The molecule has 0 saturated heterocycles. The van der Waals surface area contributed by atoms with Gasteiger partial charge in [0.05, 0.1) is 13.2 Å². The second kappa shape index (κ2) is 9.88. The van der Waals surface area contributed by atoms with E-state index in [4.69, 9.17) is 15.9 Å². The first kappa shape index (κ1) is 12.8. The highest BCUT2D eigenvalue weighted by Gasteiger charge is 2.01. The second-order valence-corrected chi connectivity index (χ2v) is 2.83. The molecule has 0 saturated carbocycles. The van der Waals surface area contributed by atoms with Gasteiger partial charge in [-0.05, 0) is 0 Å². The lowest BCUT2D eigenvalue weighted by molar-refractivity contribution is 0.162. The summed E-state index contributed by atoms with van der Waals surface area (Å²) >= 11 is 0. The molecule has 0 bridgehead atoms. The number of aliphatic hydroxyl groups is 2. The first-order chi connectivity index (χ1) is 6.35. The van der Waals surface area contributed by atoms with Crippen LogP contribution in [0.15, 0.2) is 0 Å². The third-order valence-electron chi connectivity index (χ3n) is 1.76. The zero-order valence-electron chi connectivity index (χ0n) is 8.08. The molecule has 0 aliphatic carbocycles. The molecule has 5 heteroatoms. The molecular weight excluding hydrogens is 170 g/mol. The molecule has 5 N–H and O–H groups in total. The van der Waals surface area contributed by atoms with Crippen molar-refractivity contribution >= 4 is 0 Å².